The lowest BCUT2D eigenvalue weighted by atomic mass is 10.1. The summed E-state index contributed by atoms with van der Waals surface area (Å²) in [7, 11) is 1.86. The zero-order valence-electron chi connectivity index (χ0n) is 16.1. The smallest absolute Gasteiger partial charge is 0.194 e. The first-order chi connectivity index (χ1) is 13.3. The Morgan fingerprint density at radius 3 is 2.74 bits per heavy atom. The molecule has 7 heteroatoms. The van der Waals surface area contributed by atoms with Gasteiger partial charge < -0.3 is 10.2 Å². The molecular weight excluding hydrogens is 338 g/mol. The van der Waals surface area contributed by atoms with Crippen LogP contribution in [-0.4, -0.2) is 69.8 Å². The van der Waals surface area contributed by atoms with E-state index in [2.05, 4.69) is 42.4 Å². The molecule has 0 amide bonds. The van der Waals surface area contributed by atoms with Gasteiger partial charge in [-0.05, 0) is 44.5 Å². The Labute approximate surface area is 161 Å². The number of piperidine rings is 1. The average molecular weight is 368 g/mol. The number of aliphatic imine (C=N–C) groups is 1. The number of likely N-dealkylation sites (tertiary alicyclic amines) is 2. The molecule has 1 aromatic heterocycles. The Morgan fingerprint density at radius 2 is 1.96 bits per heavy atom. The summed E-state index contributed by atoms with van der Waals surface area (Å²) in [6.45, 7) is 5.24. The highest BCUT2D eigenvalue weighted by Gasteiger charge is 2.30. The number of rotatable bonds is 4. The molecule has 1 atom stereocenters. The van der Waals surface area contributed by atoms with Crippen LogP contribution in [-0.2, 0) is 6.54 Å². The predicted molar refractivity (Wildman–Crippen MR) is 107 cm³/mol. The highest BCUT2D eigenvalue weighted by molar-refractivity contribution is 5.80. The van der Waals surface area contributed by atoms with E-state index >= 15 is 0 Å². The van der Waals surface area contributed by atoms with E-state index in [-0.39, 0.29) is 0 Å². The minimum Gasteiger partial charge on any atom is -0.349 e. The highest BCUT2D eigenvalue weighted by atomic mass is 15.4. The minimum atomic E-state index is 0.604. The summed E-state index contributed by atoms with van der Waals surface area (Å²) < 4.78 is 2.01. The third-order valence-corrected chi connectivity index (χ3v) is 5.64. The van der Waals surface area contributed by atoms with Crippen molar-refractivity contribution in [3.8, 4) is 5.69 Å². The molecule has 0 aliphatic carbocycles. The molecule has 0 saturated carbocycles. The van der Waals surface area contributed by atoms with Crippen LogP contribution in [0, 0.1) is 0 Å². The summed E-state index contributed by atoms with van der Waals surface area (Å²) in [5.41, 5.74) is 1.07. The Hall–Kier alpha value is -2.41. The van der Waals surface area contributed by atoms with Crippen LogP contribution in [0.25, 0.3) is 5.69 Å². The van der Waals surface area contributed by atoms with Gasteiger partial charge in [-0.25, -0.2) is 0 Å². The number of para-hydroxylation sites is 1. The number of aromatic nitrogens is 3. The molecule has 1 aromatic carbocycles. The van der Waals surface area contributed by atoms with Crippen LogP contribution in [0.2, 0.25) is 0 Å². The number of hydrogen-bond acceptors (Lipinski definition) is 4. The predicted octanol–water partition coefficient (Wildman–Crippen LogP) is 1.90. The molecule has 0 radical (unpaired) electrons. The summed E-state index contributed by atoms with van der Waals surface area (Å²) in [4.78, 5) is 9.55. The van der Waals surface area contributed by atoms with Crippen molar-refractivity contribution in [3.63, 3.8) is 0 Å². The molecule has 144 valence electrons. The Morgan fingerprint density at radius 1 is 1.15 bits per heavy atom. The van der Waals surface area contributed by atoms with Crippen LogP contribution < -0.4 is 5.32 Å². The fraction of sp³-hybridized carbons (Fsp3) is 0.550. The normalized spacial score (nSPS) is 21.6. The van der Waals surface area contributed by atoms with E-state index in [9.17, 15) is 0 Å². The fourth-order valence-electron chi connectivity index (χ4n) is 4.19. The van der Waals surface area contributed by atoms with Gasteiger partial charge in [-0.15, -0.1) is 10.2 Å². The van der Waals surface area contributed by atoms with Crippen LogP contribution >= 0.6 is 0 Å². The molecule has 2 fully saturated rings. The Balaban J connectivity index is 1.36. The zero-order chi connectivity index (χ0) is 18.5. The van der Waals surface area contributed by atoms with Gasteiger partial charge in [0.15, 0.2) is 11.8 Å². The van der Waals surface area contributed by atoms with Crippen LogP contribution in [0.4, 0.5) is 0 Å². The molecular formula is C20H29N7. The van der Waals surface area contributed by atoms with E-state index in [1.807, 2.05) is 29.8 Å². The molecule has 2 aliphatic rings. The third kappa shape index (κ3) is 4.13. The topological polar surface area (TPSA) is 61.6 Å². The average Bonchev–Trinajstić information content (AvgIpc) is 3.40. The molecule has 7 nitrogen and oxygen atoms in total. The second-order valence-electron chi connectivity index (χ2n) is 7.34. The van der Waals surface area contributed by atoms with Crippen molar-refractivity contribution < 1.29 is 0 Å². The largest absolute Gasteiger partial charge is 0.349 e. The molecule has 2 saturated heterocycles. The van der Waals surface area contributed by atoms with Crippen molar-refractivity contribution in [1.82, 2.24) is 29.9 Å². The lowest BCUT2D eigenvalue weighted by Crippen LogP contribution is -2.44. The summed E-state index contributed by atoms with van der Waals surface area (Å²) in [5.74, 6) is 1.84. The quantitative estimate of drug-likeness (QED) is 0.661. The van der Waals surface area contributed by atoms with E-state index in [1.165, 1.54) is 38.8 Å². The van der Waals surface area contributed by atoms with Gasteiger partial charge in [0.25, 0.3) is 0 Å². The Bertz CT molecular complexity index is 749. The van der Waals surface area contributed by atoms with Crippen LogP contribution in [0.3, 0.4) is 0 Å². The van der Waals surface area contributed by atoms with Crippen molar-refractivity contribution in [2.45, 2.75) is 38.3 Å². The summed E-state index contributed by atoms with van der Waals surface area (Å²) in [6.07, 6.45) is 7.06. The van der Waals surface area contributed by atoms with E-state index in [0.29, 0.717) is 12.6 Å². The first kappa shape index (κ1) is 18.0. The van der Waals surface area contributed by atoms with Gasteiger partial charge in [0.05, 0.1) is 6.54 Å². The number of nitrogens with zero attached hydrogens (tertiary/aromatic N) is 6. The Kier molecular flexibility index (Phi) is 5.67. The first-order valence-electron chi connectivity index (χ1n) is 9.99. The van der Waals surface area contributed by atoms with E-state index in [1.54, 1.807) is 6.33 Å². The molecule has 3 heterocycles. The molecule has 0 bridgehead atoms. The van der Waals surface area contributed by atoms with Gasteiger partial charge in [-0.2, -0.15) is 0 Å². The first-order valence-corrected chi connectivity index (χ1v) is 9.99. The summed E-state index contributed by atoms with van der Waals surface area (Å²) in [5, 5.41) is 11.8. The number of hydrogen-bond donors (Lipinski definition) is 1. The van der Waals surface area contributed by atoms with Crippen LogP contribution in [0.1, 0.15) is 31.5 Å². The van der Waals surface area contributed by atoms with E-state index < -0.39 is 0 Å². The number of nitrogens with one attached hydrogen (secondary N) is 1. The van der Waals surface area contributed by atoms with Gasteiger partial charge in [0, 0.05) is 31.9 Å². The van der Waals surface area contributed by atoms with Gasteiger partial charge in [-0.3, -0.25) is 14.5 Å². The van der Waals surface area contributed by atoms with Crippen molar-refractivity contribution in [2.24, 2.45) is 4.99 Å². The maximum Gasteiger partial charge on any atom is 0.194 e. The number of guanidine groups is 1. The fourth-order valence-corrected chi connectivity index (χ4v) is 4.19. The molecule has 1 N–H and O–H groups in total. The monoisotopic (exact) mass is 367 g/mol. The minimum absolute atomic E-state index is 0.604. The second kappa shape index (κ2) is 8.52. The molecule has 1 unspecified atom stereocenters. The SMILES string of the molecule is CN=C(NCc1nncn1-c1ccccc1)N1CCC(N2CCCCC2)C1. The maximum atomic E-state index is 4.51. The van der Waals surface area contributed by atoms with Crippen molar-refractivity contribution in [1.29, 1.82) is 0 Å². The molecule has 2 aliphatic heterocycles. The summed E-state index contributed by atoms with van der Waals surface area (Å²) >= 11 is 0. The van der Waals surface area contributed by atoms with Gasteiger partial charge in [0.1, 0.15) is 6.33 Å². The molecule has 2 aromatic rings. The van der Waals surface area contributed by atoms with Crippen molar-refractivity contribution in [3.05, 3.63) is 42.5 Å². The molecule has 0 spiro atoms. The second-order valence-corrected chi connectivity index (χ2v) is 7.34. The number of benzene rings is 1. The van der Waals surface area contributed by atoms with Crippen LogP contribution in [0.15, 0.2) is 41.7 Å². The van der Waals surface area contributed by atoms with Crippen LogP contribution in [0.5, 0.6) is 0 Å². The third-order valence-electron chi connectivity index (χ3n) is 5.64. The standard InChI is InChI=1S/C20H29N7/c1-21-20(26-13-10-18(15-26)25-11-6-3-7-12-25)22-14-19-24-23-16-27(19)17-8-4-2-5-9-17/h2,4-5,8-9,16,18H,3,6-7,10-15H2,1H3,(H,21,22). The molecule has 27 heavy (non-hydrogen) atoms. The highest BCUT2D eigenvalue weighted by Crippen LogP contribution is 2.20. The van der Waals surface area contributed by atoms with Crippen molar-refractivity contribution >= 4 is 5.96 Å². The van der Waals surface area contributed by atoms with Gasteiger partial charge in [-0.1, -0.05) is 24.6 Å². The maximum absolute atomic E-state index is 4.51. The van der Waals surface area contributed by atoms with Crippen molar-refractivity contribution in [2.75, 3.05) is 33.2 Å². The lowest BCUT2D eigenvalue weighted by Gasteiger charge is -2.32. The van der Waals surface area contributed by atoms with Gasteiger partial charge in [0.2, 0.25) is 0 Å². The van der Waals surface area contributed by atoms with Gasteiger partial charge >= 0.3 is 0 Å². The van der Waals surface area contributed by atoms with E-state index in [0.717, 1.165) is 30.6 Å². The molecule has 4 rings (SSSR count). The van der Waals surface area contributed by atoms with E-state index in [4.69, 9.17) is 0 Å². The summed E-state index contributed by atoms with van der Waals surface area (Å²) in [6, 6.07) is 10.8. The lowest BCUT2D eigenvalue weighted by molar-refractivity contribution is 0.168. The zero-order valence-corrected chi connectivity index (χ0v) is 16.1.